The third-order valence-electron chi connectivity index (χ3n) is 5.00. The molecule has 0 radical (unpaired) electrons. The van der Waals surface area contributed by atoms with Gasteiger partial charge in [-0.3, -0.25) is 4.98 Å². The Morgan fingerprint density at radius 1 is 1.15 bits per heavy atom. The van der Waals surface area contributed by atoms with E-state index in [9.17, 15) is 8.78 Å². The van der Waals surface area contributed by atoms with E-state index in [1.165, 1.54) is 6.07 Å². The van der Waals surface area contributed by atoms with Crippen LogP contribution in [0.4, 0.5) is 14.6 Å². The molecule has 1 N–H and O–H groups in total. The number of aromatic nitrogens is 3. The molecule has 3 aromatic rings. The molecule has 1 saturated heterocycles. The van der Waals surface area contributed by atoms with Gasteiger partial charge in [-0.1, -0.05) is 24.3 Å². The fourth-order valence-corrected chi connectivity index (χ4v) is 3.68. The van der Waals surface area contributed by atoms with Gasteiger partial charge < -0.3 is 10.2 Å². The summed E-state index contributed by atoms with van der Waals surface area (Å²) < 4.78 is 26.9. The van der Waals surface area contributed by atoms with Crippen LogP contribution in [0.15, 0.2) is 42.7 Å². The number of likely N-dealkylation sites (tertiary alicyclic amines) is 1. The van der Waals surface area contributed by atoms with Gasteiger partial charge in [-0.05, 0) is 32.5 Å². The summed E-state index contributed by atoms with van der Waals surface area (Å²) in [4.78, 5) is 6.49. The molecule has 1 aromatic carbocycles. The fraction of sp³-hybridized carbons (Fsp3) is 0.350. The number of pyridine rings is 1. The molecule has 2 aromatic heterocycles. The minimum absolute atomic E-state index is 0.0421. The van der Waals surface area contributed by atoms with Crippen molar-refractivity contribution in [1.82, 2.24) is 20.1 Å². The Morgan fingerprint density at radius 2 is 2.00 bits per heavy atom. The molecular weight excluding hydrogens is 348 g/mol. The van der Waals surface area contributed by atoms with E-state index in [1.807, 2.05) is 0 Å². The van der Waals surface area contributed by atoms with E-state index < -0.39 is 6.43 Å². The normalized spacial score (nSPS) is 18.1. The zero-order valence-corrected chi connectivity index (χ0v) is 15.1. The first-order valence-electron chi connectivity index (χ1n) is 9.06. The summed E-state index contributed by atoms with van der Waals surface area (Å²) in [5, 5.41) is 13.7. The van der Waals surface area contributed by atoms with Gasteiger partial charge >= 0.3 is 0 Å². The number of halogens is 2. The van der Waals surface area contributed by atoms with Crippen LogP contribution in [0, 0.1) is 0 Å². The van der Waals surface area contributed by atoms with Gasteiger partial charge in [-0.25, -0.2) is 8.78 Å². The van der Waals surface area contributed by atoms with Crippen LogP contribution in [0.25, 0.3) is 22.0 Å². The highest BCUT2D eigenvalue weighted by Gasteiger charge is 2.21. The van der Waals surface area contributed by atoms with Crippen LogP contribution in [0.3, 0.4) is 0 Å². The lowest BCUT2D eigenvalue weighted by Gasteiger charge is -2.30. The number of anilines is 1. The van der Waals surface area contributed by atoms with Gasteiger partial charge in [-0.15, -0.1) is 10.2 Å². The second-order valence-electron chi connectivity index (χ2n) is 6.95. The maximum Gasteiger partial charge on any atom is 0.264 e. The number of benzene rings is 1. The molecule has 0 amide bonds. The quantitative estimate of drug-likeness (QED) is 0.749. The molecular formula is C20H21F2N5. The van der Waals surface area contributed by atoms with Crippen molar-refractivity contribution in [3.05, 3.63) is 48.3 Å². The van der Waals surface area contributed by atoms with Crippen LogP contribution in [0.1, 0.15) is 24.8 Å². The summed E-state index contributed by atoms with van der Waals surface area (Å²) in [5.74, 6) is 0.650. The van der Waals surface area contributed by atoms with Gasteiger partial charge in [-0.2, -0.15) is 0 Å². The van der Waals surface area contributed by atoms with Crippen molar-refractivity contribution in [1.29, 1.82) is 0 Å². The third-order valence-corrected chi connectivity index (χ3v) is 5.00. The van der Waals surface area contributed by atoms with Crippen molar-refractivity contribution in [3.63, 3.8) is 0 Å². The minimum atomic E-state index is -2.57. The molecule has 3 heterocycles. The number of nitrogens with one attached hydrogen (secondary N) is 1. The molecule has 1 fully saturated rings. The van der Waals surface area contributed by atoms with Crippen LogP contribution in [-0.2, 0) is 0 Å². The largest absolute Gasteiger partial charge is 0.364 e. The lowest BCUT2D eigenvalue weighted by Crippen LogP contribution is -2.40. The molecule has 1 atom stereocenters. The molecule has 1 unspecified atom stereocenters. The molecule has 4 rings (SSSR count). The highest BCUT2D eigenvalue weighted by Crippen LogP contribution is 2.35. The smallest absolute Gasteiger partial charge is 0.264 e. The summed E-state index contributed by atoms with van der Waals surface area (Å²) >= 11 is 0. The minimum Gasteiger partial charge on any atom is -0.364 e. The summed E-state index contributed by atoms with van der Waals surface area (Å²) in [7, 11) is 2.10. The molecule has 5 nitrogen and oxygen atoms in total. The average molecular weight is 369 g/mol. The van der Waals surface area contributed by atoms with Crippen LogP contribution >= 0.6 is 0 Å². The monoisotopic (exact) mass is 369 g/mol. The van der Waals surface area contributed by atoms with Gasteiger partial charge in [0, 0.05) is 46.9 Å². The zero-order chi connectivity index (χ0) is 18.8. The number of alkyl halides is 2. The molecule has 1 aliphatic heterocycles. The predicted molar refractivity (Wildman–Crippen MR) is 102 cm³/mol. The Morgan fingerprint density at radius 3 is 2.81 bits per heavy atom. The SMILES string of the molecule is CN1CCCC(Nc2nnc(-c3ccccc3C(F)F)c3ccncc23)C1. The van der Waals surface area contributed by atoms with Crippen molar-refractivity contribution < 1.29 is 8.78 Å². The van der Waals surface area contributed by atoms with Crippen molar-refractivity contribution >= 4 is 16.6 Å². The number of likely N-dealkylation sites (N-methyl/N-ethyl adjacent to an activating group) is 1. The summed E-state index contributed by atoms with van der Waals surface area (Å²) in [6.07, 6.45) is 2.97. The first kappa shape index (κ1) is 17.7. The maximum absolute atomic E-state index is 13.5. The highest BCUT2D eigenvalue weighted by molar-refractivity contribution is 6.00. The van der Waals surface area contributed by atoms with Crippen molar-refractivity contribution in [3.8, 4) is 11.3 Å². The standard InChI is InChI=1S/C20H21F2N5/c1-27-10-4-5-13(12-27)24-20-17-11-23-9-8-15(17)18(25-26-20)14-6-2-3-7-16(14)19(21)22/h2-3,6-9,11,13,19H,4-5,10,12H2,1H3,(H,24,26). The lowest BCUT2D eigenvalue weighted by molar-refractivity contribution is 0.152. The number of piperidine rings is 1. The maximum atomic E-state index is 13.5. The van der Waals surface area contributed by atoms with Crippen LogP contribution in [-0.4, -0.2) is 46.3 Å². The van der Waals surface area contributed by atoms with E-state index >= 15 is 0 Å². The molecule has 140 valence electrons. The van der Waals surface area contributed by atoms with Gasteiger partial charge in [0.05, 0.1) is 0 Å². The van der Waals surface area contributed by atoms with E-state index in [4.69, 9.17) is 0 Å². The van der Waals surface area contributed by atoms with E-state index in [0.717, 1.165) is 36.7 Å². The number of rotatable bonds is 4. The van der Waals surface area contributed by atoms with Gasteiger partial charge in [0.2, 0.25) is 0 Å². The second kappa shape index (κ2) is 7.52. The third kappa shape index (κ3) is 3.60. The van der Waals surface area contributed by atoms with Crippen molar-refractivity contribution in [2.45, 2.75) is 25.3 Å². The van der Waals surface area contributed by atoms with Crippen molar-refractivity contribution in [2.24, 2.45) is 0 Å². The zero-order valence-electron chi connectivity index (χ0n) is 15.1. The Hall–Kier alpha value is -2.67. The Bertz CT molecular complexity index is 947. The van der Waals surface area contributed by atoms with E-state index in [1.54, 1.807) is 36.7 Å². The van der Waals surface area contributed by atoms with E-state index in [2.05, 4.69) is 32.4 Å². The number of nitrogens with zero attached hydrogens (tertiary/aromatic N) is 4. The average Bonchev–Trinajstić information content (AvgIpc) is 2.68. The summed E-state index contributed by atoms with van der Waals surface area (Å²) in [6, 6.07) is 8.52. The summed E-state index contributed by atoms with van der Waals surface area (Å²) in [6.45, 7) is 2.02. The molecule has 0 spiro atoms. The topological polar surface area (TPSA) is 53.9 Å². The molecule has 0 bridgehead atoms. The molecule has 1 aliphatic rings. The van der Waals surface area contributed by atoms with Gasteiger partial charge in [0.15, 0.2) is 5.82 Å². The summed E-state index contributed by atoms with van der Waals surface area (Å²) in [5.41, 5.74) is 0.814. The Labute approximate surface area is 156 Å². The first-order chi connectivity index (χ1) is 13.1. The number of hydrogen-bond acceptors (Lipinski definition) is 5. The highest BCUT2D eigenvalue weighted by atomic mass is 19.3. The Balaban J connectivity index is 1.77. The van der Waals surface area contributed by atoms with Gasteiger partial charge in [0.25, 0.3) is 6.43 Å². The number of fused-ring (bicyclic) bond motifs is 1. The van der Waals surface area contributed by atoms with Crippen LogP contribution in [0.2, 0.25) is 0 Å². The Kier molecular flexibility index (Phi) is 4.94. The fourth-order valence-electron chi connectivity index (χ4n) is 3.68. The molecule has 27 heavy (non-hydrogen) atoms. The molecule has 0 aliphatic carbocycles. The van der Waals surface area contributed by atoms with Gasteiger partial charge in [0.1, 0.15) is 5.69 Å². The van der Waals surface area contributed by atoms with E-state index in [-0.39, 0.29) is 11.6 Å². The van der Waals surface area contributed by atoms with Crippen LogP contribution < -0.4 is 5.32 Å². The van der Waals surface area contributed by atoms with E-state index in [0.29, 0.717) is 17.1 Å². The first-order valence-corrected chi connectivity index (χ1v) is 9.06. The lowest BCUT2D eigenvalue weighted by atomic mass is 10.0. The molecule has 0 saturated carbocycles. The number of hydrogen-bond donors (Lipinski definition) is 1. The molecule has 7 heteroatoms. The predicted octanol–water partition coefficient (Wildman–Crippen LogP) is 4.14. The van der Waals surface area contributed by atoms with Crippen molar-refractivity contribution in [2.75, 3.05) is 25.5 Å². The van der Waals surface area contributed by atoms with Crippen LogP contribution in [0.5, 0.6) is 0 Å². The second-order valence-corrected chi connectivity index (χ2v) is 6.95.